The Morgan fingerprint density at radius 3 is 2.86 bits per heavy atom. The van der Waals surface area contributed by atoms with E-state index in [0.29, 0.717) is 13.0 Å². The molecule has 1 unspecified atom stereocenters. The molecule has 0 amide bonds. The van der Waals surface area contributed by atoms with Crippen LogP contribution < -0.4 is 5.32 Å². The van der Waals surface area contributed by atoms with Crippen LogP contribution in [0.4, 0.5) is 4.39 Å². The van der Waals surface area contributed by atoms with Gasteiger partial charge < -0.3 is 5.32 Å². The minimum Gasteiger partial charge on any atom is -0.300 e. The van der Waals surface area contributed by atoms with Gasteiger partial charge in [0.25, 0.3) is 0 Å². The molecule has 2 nitrogen and oxygen atoms in total. The predicted molar refractivity (Wildman–Crippen MR) is 51.4 cm³/mol. The Labute approximate surface area is 82.1 Å². The van der Waals surface area contributed by atoms with Crippen molar-refractivity contribution in [2.75, 3.05) is 6.54 Å². The molecular formula is C11H12FNO. The topological polar surface area (TPSA) is 29.1 Å². The lowest BCUT2D eigenvalue weighted by atomic mass is 9.90. The summed E-state index contributed by atoms with van der Waals surface area (Å²) < 4.78 is 13.0. The molecule has 1 atom stereocenters. The fraction of sp³-hybridized carbons (Fsp3) is 0.364. The Morgan fingerprint density at radius 2 is 2.29 bits per heavy atom. The standard InChI is InChI=1S/C11H12FNO/c1-11(6-10(14)7-13-11)8-3-2-4-9(12)5-8/h2-5,13H,6-7H2,1H3. The second-order valence-corrected chi connectivity index (χ2v) is 3.91. The van der Waals surface area contributed by atoms with E-state index in [9.17, 15) is 9.18 Å². The van der Waals surface area contributed by atoms with E-state index in [1.807, 2.05) is 13.0 Å². The first kappa shape index (κ1) is 9.34. The number of nitrogens with one attached hydrogen (secondary N) is 1. The molecule has 0 saturated carbocycles. The first-order valence-electron chi connectivity index (χ1n) is 4.63. The van der Waals surface area contributed by atoms with Gasteiger partial charge in [0.1, 0.15) is 11.6 Å². The molecule has 0 aromatic heterocycles. The molecule has 1 aliphatic rings. The van der Waals surface area contributed by atoms with Crippen molar-refractivity contribution in [3.05, 3.63) is 35.6 Å². The molecule has 2 rings (SSSR count). The van der Waals surface area contributed by atoms with E-state index in [1.165, 1.54) is 12.1 Å². The van der Waals surface area contributed by atoms with Crippen LogP contribution in [0.15, 0.2) is 24.3 Å². The Kier molecular flexibility index (Phi) is 2.11. The Bertz CT molecular complexity index is 377. The van der Waals surface area contributed by atoms with Gasteiger partial charge >= 0.3 is 0 Å². The molecule has 3 heteroatoms. The Hall–Kier alpha value is -1.22. The second kappa shape index (κ2) is 3.17. The minimum absolute atomic E-state index is 0.178. The van der Waals surface area contributed by atoms with Crippen LogP contribution in [0.1, 0.15) is 18.9 Å². The number of carbonyl (C=O) groups is 1. The molecule has 1 fully saturated rings. The summed E-state index contributed by atoms with van der Waals surface area (Å²) in [6, 6.07) is 6.39. The van der Waals surface area contributed by atoms with Gasteiger partial charge in [-0.25, -0.2) is 4.39 Å². The second-order valence-electron chi connectivity index (χ2n) is 3.91. The van der Waals surface area contributed by atoms with Crippen LogP contribution in [0.5, 0.6) is 0 Å². The van der Waals surface area contributed by atoms with E-state index < -0.39 is 0 Å². The van der Waals surface area contributed by atoms with Crippen molar-refractivity contribution in [3.8, 4) is 0 Å². The lowest BCUT2D eigenvalue weighted by Crippen LogP contribution is -2.33. The van der Waals surface area contributed by atoms with E-state index in [1.54, 1.807) is 6.07 Å². The van der Waals surface area contributed by atoms with Crippen molar-refractivity contribution in [3.63, 3.8) is 0 Å². The predicted octanol–water partition coefficient (Wildman–Crippen LogP) is 1.60. The zero-order valence-corrected chi connectivity index (χ0v) is 8.01. The maximum atomic E-state index is 13.0. The van der Waals surface area contributed by atoms with Gasteiger partial charge in [-0.3, -0.25) is 4.79 Å². The molecule has 0 radical (unpaired) electrons. The van der Waals surface area contributed by atoms with E-state index in [-0.39, 0.29) is 17.1 Å². The third-order valence-corrected chi connectivity index (χ3v) is 2.69. The molecule has 0 bridgehead atoms. The van der Waals surface area contributed by atoms with Crippen molar-refractivity contribution in [1.82, 2.24) is 5.32 Å². The Balaban J connectivity index is 2.34. The first-order chi connectivity index (χ1) is 6.60. The molecule has 1 aromatic carbocycles. The van der Waals surface area contributed by atoms with Crippen LogP contribution in [0.25, 0.3) is 0 Å². The SMILES string of the molecule is CC1(c2cccc(F)c2)CC(=O)CN1. The summed E-state index contributed by atoms with van der Waals surface area (Å²) in [4.78, 5) is 11.2. The summed E-state index contributed by atoms with van der Waals surface area (Å²) in [6.45, 7) is 2.31. The van der Waals surface area contributed by atoms with Crippen molar-refractivity contribution in [2.24, 2.45) is 0 Å². The van der Waals surface area contributed by atoms with Gasteiger partial charge in [0, 0.05) is 12.0 Å². The lowest BCUT2D eigenvalue weighted by Gasteiger charge is -2.23. The highest BCUT2D eigenvalue weighted by molar-refractivity contribution is 5.84. The third-order valence-electron chi connectivity index (χ3n) is 2.69. The highest BCUT2D eigenvalue weighted by Crippen LogP contribution is 2.28. The number of halogens is 1. The number of hydrogen-bond acceptors (Lipinski definition) is 2. The maximum absolute atomic E-state index is 13.0. The number of carbonyl (C=O) groups excluding carboxylic acids is 1. The third kappa shape index (κ3) is 1.55. The van der Waals surface area contributed by atoms with E-state index in [0.717, 1.165) is 5.56 Å². The summed E-state index contributed by atoms with van der Waals surface area (Å²) in [6.07, 6.45) is 0.441. The van der Waals surface area contributed by atoms with E-state index >= 15 is 0 Å². The van der Waals surface area contributed by atoms with Crippen LogP contribution in [-0.2, 0) is 10.3 Å². The van der Waals surface area contributed by atoms with Gasteiger partial charge in [-0.1, -0.05) is 12.1 Å². The summed E-state index contributed by atoms with van der Waals surface area (Å²) in [5, 5.41) is 3.11. The Morgan fingerprint density at radius 1 is 1.50 bits per heavy atom. The van der Waals surface area contributed by atoms with Crippen LogP contribution in [0.3, 0.4) is 0 Å². The number of Topliss-reactive ketones (excluding diaryl/α,β-unsaturated/α-hetero) is 1. The van der Waals surface area contributed by atoms with Gasteiger partial charge in [-0.05, 0) is 24.6 Å². The summed E-state index contributed by atoms with van der Waals surface area (Å²) >= 11 is 0. The quantitative estimate of drug-likeness (QED) is 0.734. The van der Waals surface area contributed by atoms with Crippen molar-refractivity contribution >= 4 is 5.78 Å². The van der Waals surface area contributed by atoms with E-state index in [2.05, 4.69) is 5.32 Å². The smallest absolute Gasteiger partial charge is 0.148 e. The number of benzene rings is 1. The molecule has 0 aliphatic carbocycles. The first-order valence-corrected chi connectivity index (χ1v) is 4.63. The van der Waals surface area contributed by atoms with Gasteiger partial charge in [0.05, 0.1) is 6.54 Å². The van der Waals surface area contributed by atoms with Crippen molar-refractivity contribution in [2.45, 2.75) is 18.9 Å². The summed E-state index contributed by atoms with van der Waals surface area (Å²) in [7, 11) is 0. The largest absolute Gasteiger partial charge is 0.300 e. The van der Waals surface area contributed by atoms with Gasteiger partial charge in [-0.15, -0.1) is 0 Å². The molecule has 1 aromatic rings. The lowest BCUT2D eigenvalue weighted by molar-refractivity contribution is -0.116. The number of ketones is 1. The van der Waals surface area contributed by atoms with Crippen molar-refractivity contribution < 1.29 is 9.18 Å². The van der Waals surface area contributed by atoms with Crippen molar-refractivity contribution in [1.29, 1.82) is 0 Å². The molecule has 1 aliphatic heterocycles. The van der Waals surface area contributed by atoms with Crippen LogP contribution in [0, 0.1) is 5.82 Å². The zero-order valence-electron chi connectivity index (χ0n) is 8.01. The van der Waals surface area contributed by atoms with Crippen LogP contribution in [0.2, 0.25) is 0 Å². The zero-order chi connectivity index (χ0) is 10.2. The number of hydrogen-bond donors (Lipinski definition) is 1. The number of rotatable bonds is 1. The highest BCUT2D eigenvalue weighted by Gasteiger charge is 2.34. The molecular weight excluding hydrogens is 181 g/mol. The molecule has 14 heavy (non-hydrogen) atoms. The van der Waals surface area contributed by atoms with Crippen LogP contribution in [-0.4, -0.2) is 12.3 Å². The van der Waals surface area contributed by atoms with E-state index in [4.69, 9.17) is 0 Å². The average molecular weight is 193 g/mol. The summed E-state index contributed by atoms with van der Waals surface area (Å²) in [5.74, 6) is -0.0818. The molecule has 1 N–H and O–H groups in total. The average Bonchev–Trinajstić information content (AvgIpc) is 2.48. The fourth-order valence-corrected chi connectivity index (χ4v) is 1.85. The molecule has 0 spiro atoms. The molecule has 74 valence electrons. The monoisotopic (exact) mass is 193 g/mol. The van der Waals surface area contributed by atoms with Crippen LogP contribution >= 0.6 is 0 Å². The normalized spacial score (nSPS) is 26.9. The van der Waals surface area contributed by atoms with Gasteiger partial charge in [0.2, 0.25) is 0 Å². The fourth-order valence-electron chi connectivity index (χ4n) is 1.85. The highest BCUT2D eigenvalue weighted by atomic mass is 19.1. The summed E-state index contributed by atoms with van der Waals surface area (Å²) in [5.41, 5.74) is 0.447. The van der Waals surface area contributed by atoms with Gasteiger partial charge in [0.15, 0.2) is 0 Å². The molecule has 1 heterocycles. The minimum atomic E-state index is -0.390. The van der Waals surface area contributed by atoms with Gasteiger partial charge in [-0.2, -0.15) is 0 Å². The maximum Gasteiger partial charge on any atom is 0.148 e. The molecule has 1 saturated heterocycles.